The van der Waals surface area contributed by atoms with Gasteiger partial charge in [-0.2, -0.15) is 0 Å². The fourth-order valence-corrected chi connectivity index (χ4v) is 8.62. The van der Waals surface area contributed by atoms with Gasteiger partial charge in [0.15, 0.2) is 0 Å². The van der Waals surface area contributed by atoms with Crippen molar-refractivity contribution in [1.29, 1.82) is 0 Å². The van der Waals surface area contributed by atoms with E-state index in [1.54, 1.807) is 68.4 Å². The van der Waals surface area contributed by atoms with E-state index < -0.39 is 28.1 Å². The zero-order chi connectivity index (χ0) is 37.6. The number of hydrogen-bond donors (Lipinski definition) is 3. The molecule has 0 saturated carbocycles. The maximum atomic E-state index is 14.3. The van der Waals surface area contributed by atoms with Crippen LogP contribution in [0.5, 0.6) is 11.5 Å². The van der Waals surface area contributed by atoms with Crippen molar-refractivity contribution in [2.75, 3.05) is 44.7 Å². The summed E-state index contributed by atoms with van der Waals surface area (Å²) in [4.78, 5) is 39.2. The Morgan fingerprint density at radius 3 is 2.21 bits per heavy atom. The van der Waals surface area contributed by atoms with E-state index in [9.17, 15) is 22.8 Å². The number of quaternary nitrogens is 1. The summed E-state index contributed by atoms with van der Waals surface area (Å²) in [6.45, 7) is 5.89. The minimum absolute atomic E-state index is 0.0138. The zero-order valence-corrected chi connectivity index (χ0v) is 32.0. The number of para-hydroxylation sites is 1. The number of likely N-dealkylation sites (tertiary alicyclic amines) is 1. The number of carbonyl (C=O) groups excluding carboxylic acids is 3. The fourth-order valence-electron chi connectivity index (χ4n) is 6.52. The van der Waals surface area contributed by atoms with Gasteiger partial charge in [-0.1, -0.05) is 35.9 Å². The van der Waals surface area contributed by atoms with E-state index >= 15 is 0 Å². The number of aryl methyl sites for hydroxylation is 3. The Hall–Kier alpha value is -4.76. The Bertz CT molecular complexity index is 2070. The van der Waals surface area contributed by atoms with E-state index in [4.69, 9.17) is 14.2 Å². The molecule has 1 aliphatic heterocycles. The number of amides is 3. The Balaban J connectivity index is 1.36. The third kappa shape index (κ3) is 8.99. The molecular weight excluding hydrogens is 752 g/mol. The predicted octanol–water partition coefficient (Wildman–Crippen LogP) is 6.49. The maximum absolute atomic E-state index is 14.3. The first-order valence-corrected chi connectivity index (χ1v) is 18.8. The van der Waals surface area contributed by atoms with Gasteiger partial charge in [-0.15, -0.1) is 0 Å². The maximum Gasteiger partial charge on any atom is 0.337 e. The SMILES string of the molecule is COC(=O)c1ccc(OC[N+]2(C(=O)Cc3ccc(NC(=O)Nc4ccccc4Br)c(OC)c3)CCC(NS(=O)(=O)c3c(C)cc(C)cc3C)C2)cc1. The molecule has 2 unspecified atom stereocenters. The molecule has 3 amide bonds. The third-order valence-electron chi connectivity index (χ3n) is 8.95. The lowest BCUT2D eigenvalue weighted by Crippen LogP contribution is -2.55. The summed E-state index contributed by atoms with van der Waals surface area (Å²) in [6.07, 6.45) is 0.387. The van der Waals surface area contributed by atoms with Gasteiger partial charge in [-0.3, -0.25) is 0 Å². The van der Waals surface area contributed by atoms with E-state index in [-0.39, 0.29) is 35.0 Å². The van der Waals surface area contributed by atoms with Gasteiger partial charge < -0.3 is 24.8 Å². The van der Waals surface area contributed by atoms with Crippen LogP contribution in [0.25, 0.3) is 0 Å². The molecule has 1 saturated heterocycles. The highest BCUT2D eigenvalue weighted by atomic mass is 79.9. The lowest BCUT2D eigenvalue weighted by Gasteiger charge is -2.31. The van der Waals surface area contributed by atoms with Crippen LogP contribution in [0.1, 0.15) is 39.0 Å². The molecule has 0 aliphatic carbocycles. The largest absolute Gasteiger partial charge is 0.495 e. The molecule has 14 heteroatoms. The second kappa shape index (κ2) is 16.3. The number of benzene rings is 4. The normalized spacial score (nSPS) is 16.9. The van der Waals surface area contributed by atoms with Crippen molar-refractivity contribution in [2.24, 2.45) is 0 Å². The van der Waals surface area contributed by atoms with Crippen LogP contribution in [0.4, 0.5) is 16.2 Å². The van der Waals surface area contributed by atoms with Gasteiger partial charge in [0.1, 0.15) is 18.0 Å². The summed E-state index contributed by atoms with van der Waals surface area (Å²) < 4.78 is 47.3. The van der Waals surface area contributed by atoms with Gasteiger partial charge in [-0.25, -0.2) is 32.0 Å². The molecule has 274 valence electrons. The van der Waals surface area contributed by atoms with Crippen molar-refractivity contribution in [3.05, 3.63) is 111 Å². The number of sulfonamides is 1. The molecule has 5 rings (SSSR count). The number of halogens is 1. The topological polar surface area (TPSA) is 149 Å². The Labute approximate surface area is 312 Å². The molecule has 1 heterocycles. The summed E-state index contributed by atoms with van der Waals surface area (Å²) in [7, 11) is -1.13. The quantitative estimate of drug-likeness (QED) is 0.109. The van der Waals surface area contributed by atoms with Gasteiger partial charge in [0.25, 0.3) is 0 Å². The van der Waals surface area contributed by atoms with Crippen LogP contribution < -0.4 is 24.8 Å². The molecule has 0 aromatic heterocycles. The number of urea groups is 1. The summed E-state index contributed by atoms with van der Waals surface area (Å²) in [5, 5.41) is 5.57. The standard InChI is InChI=1S/C38H41BrN4O8S/c1-24-18-25(2)36(26(3)19-24)52(47,48)42-29-16-17-43(22-29,23-51-30-13-11-28(12-14-30)37(45)50-5)35(44)21-27-10-15-33(34(20-27)49-4)41-38(46)40-32-9-7-6-8-31(32)39/h6-15,18-20,29,42H,16-17,21-23H2,1-5H3,(H-,40,41,46)/p+1. The van der Waals surface area contributed by atoms with Crippen molar-refractivity contribution in [1.82, 2.24) is 4.72 Å². The number of methoxy groups -OCH3 is 2. The van der Waals surface area contributed by atoms with E-state index in [1.807, 2.05) is 31.2 Å². The number of esters is 1. The zero-order valence-electron chi connectivity index (χ0n) is 29.6. The average molecular weight is 795 g/mol. The Morgan fingerprint density at radius 1 is 0.885 bits per heavy atom. The van der Waals surface area contributed by atoms with Gasteiger partial charge in [0, 0.05) is 10.9 Å². The molecule has 0 spiro atoms. The molecule has 4 aromatic carbocycles. The van der Waals surface area contributed by atoms with Crippen LogP contribution in [-0.4, -0.2) is 70.9 Å². The molecule has 12 nitrogen and oxygen atoms in total. The van der Waals surface area contributed by atoms with Crippen LogP contribution in [0, 0.1) is 20.8 Å². The number of rotatable bonds is 12. The van der Waals surface area contributed by atoms with Gasteiger partial charge >= 0.3 is 17.9 Å². The number of ether oxygens (including phenoxy) is 3. The van der Waals surface area contributed by atoms with Crippen molar-refractivity contribution in [3.63, 3.8) is 0 Å². The van der Waals surface area contributed by atoms with Crippen LogP contribution >= 0.6 is 15.9 Å². The fraction of sp³-hybridized carbons (Fsp3) is 0.289. The highest BCUT2D eigenvalue weighted by Crippen LogP contribution is 2.30. The molecule has 52 heavy (non-hydrogen) atoms. The molecule has 3 N–H and O–H groups in total. The lowest BCUT2D eigenvalue weighted by atomic mass is 10.1. The van der Waals surface area contributed by atoms with E-state index in [1.165, 1.54) is 14.2 Å². The molecule has 0 radical (unpaired) electrons. The van der Waals surface area contributed by atoms with E-state index in [0.29, 0.717) is 58.1 Å². The first kappa shape index (κ1) is 38.5. The number of anilines is 2. The number of hydrogen-bond acceptors (Lipinski definition) is 8. The smallest absolute Gasteiger partial charge is 0.337 e. The predicted molar refractivity (Wildman–Crippen MR) is 201 cm³/mol. The summed E-state index contributed by atoms with van der Waals surface area (Å²) in [5.41, 5.74) is 4.25. The highest BCUT2D eigenvalue weighted by molar-refractivity contribution is 9.10. The monoisotopic (exact) mass is 793 g/mol. The van der Waals surface area contributed by atoms with Crippen LogP contribution in [0.3, 0.4) is 0 Å². The van der Waals surface area contributed by atoms with Crippen LogP contribution in [0.15, 0.2) is 88.2 Å². The highest BCUT2D eigenvalue weighted by Gasteiger charge is 2.46. The first-order valence-electron chi connectivity index (χ1n) is 16.5. The van der Waals surface area contributed by atoms with Crippen LogP contribution in [0.2, 0.25) is 0 Å². The molecule has 1 fully saturated rings. The van der Waals surface area contributed by atoms with Gasteiger partial charge in [-0.05, 0) is 102 Å². The van der Waals surface area contributed by atoms with Crippen molar-refractivity contribution in [2.45, 2.75) is 44.6 Å². The molecule has 2 atom stereocenters. The molecule has 4 aromatic rings. The van der Waals surface area contributed by atoms with Crippen molar-refractivity contribution in [3.8, 4) is 11.5 Å². The average Bonchev–Trinajstić information content (AvgIpc) is 3.51. The van der Waals surface area contributed by atoms with E-state index in [2.05, 4.69) is 31.3 Å². The van der Waals surface area contributed by atoms with Crippen molar-refractivity contribution >= 4 is 55.2 Å². The number of carbonyl (C=O) groups is 3. The number of nitrogens with one attached hydrogen (secondary N) is 3. The summed E-state index contributed by atoms with van der Waals surface area (Å²) in [6, 6.07) is 21.3. The molecule has 0 bridgehead atoms. The second-order valence-corrected chi connectivity index (χ2v) is 15.3. The minimum atomic E-state index is -3.90. The van der Waals surface area contributed by atoms with Crippen molar-refractivity contribution < 1.29 is 41.5 Å². The third-order valence-corrected chi connectivity index (χ3v) is 11.5. The van der Waals surface area contributed by atoms with Gasteiger partial charge in [0.05, 0.1) is 55.1 Å². The number of nitrogens with zero attached hydrogens (tertiary/aromatic N) is 1. The Kier molecular flexibility index (Phi) is 12.0. The first-order chi connectivity index (χ1) is 24.7. The molecule has 1 aliphatic rings. The minimum Gasteiger partial charge on any atom is -0.495 e. The summed E-state index contributed by atoms with van der Waals surface area (Å²) in [5.74, 6) is 0.119. The molecular formula is C38H42BrN4O8S+. The van der Waals surface area contributed by atoms with Crippen LogP contribution in [-0.2, 0) is 26.0 Å². The second-order valence-electron chi connectivity index (χ2n) is 12.8. The summed E-state index contributed by atoms with van der Waals surface area (Å²) >= 11 is 3.41. The van der Waals surface area contributed by atoms with E-state index in [0.717, 1.165) is 10.0 Å². The Morgan fingerprint density at radius 2 is 1.56 bits per heavy atom. The lowest BCUT2D eigenvalue weighted by molar-refractivity contribution is -0.859. The van der Waals surface area contributed by atoms with Gasteiger partial charge in [0.2, 0.25) is 16.8 Å².